The Labute approximate surface area is 197 Å². The summed E-state index contributed by atoms with van der Waals surface area (Å²) in [6.45, 7) is 7.69. The molecule has 2 rings (SSSR count). The van der Waals surface area contributed by atoms with Crippen molar-refractivity contribution in [1.82, 2.24) is 10.0 Å². The summed E-state index contributed by atoms with van der Waals surface area (Å²) >= 11 is 0. The fourth-order valence-corrected chi connectivity index (χ4v) is 5.04. The summed E-state index contributed by atoms with van der Waals surface area (Å²) in [6.07, 6.45) is 3.17. The number of hydrogen-bond donors (Lipinski definition) is 2. The highest BCUT2D eigenvalue weighted by Crippen LogP contribution is 2.35. The Morgan fingerprint density at radius 2 is 2.06 bits per heavy atom. The van der Waals surface area contributed by atoms with Crippen molar-refractivity contribution in [2.75, 3.05) is 33.4 Å². The van der Waals surface area contributed by atoms with Gasteiger partial charge in [0, 0.05) is 19.2 Å². The smallest absolute Gasteiger partial charge is 0.256 e. The third-order valence-corrected chi connectivity index (χ3v) is 6.88. The van der Waals surface area contributed by atoms with E-state index in [0.717, 1.165) is 25.5 Å². The highest BCUT2D eigenvalue weighted by Gasteiger charge is 2.33. The number of rotatable bonds is 13. The summed E-state index contributed by atoms with van der Waals surface area (Å²) in [7, 11) is -2.34. The Morgan fingerprint density at radius 3 is 2.75 bits per heavy atom. The Morgan fingerprint density at radius 1 is 1.31 bits per heavy atom. The summed E-state index contributed by atoms with van der Waals surface area (Å²) < 4.78 is 45.4. The van der Waals surface area contributed by atoms with Gasteiger partial charge in [0.2, 0.25) is 10.0 Å². The van der Waals surface area contributed by atoms with Crippen LogP contribution in [-0.2, 0) is 24.3 Å². The molecule has 2 N–H and O–H groups in total. The van der Waals surface area contributed by atoms with Crippen molar-refractivity contribution in [3.8, 4) is 5.75 Å². The lowest BCUT2D eigenvalue weighted by molar-refractivity contribution is -0.114. The van der Waals surface area contributed by atoms with E-state index in [4.69, 9.17) is 14.2 Å². The Hall–Kier alpha value is -1.65. The van der Waals surface area contributed by atoms with Crippen LogP contribution in [0.15, 0.2) is 36.9 Å². The molecule has 0 aliphatic carbocycles. The predicted octanol–water partition coefficient (Wildman–Crippen LogP) is 2.74. The van der Waals surface area contributed by atoms with Crippen molar-refractivity contribution in [1.29, 1.82) is 0 Å². The van der Waals surface area contributed by atoms with Crippen LogP contribution in [0.5, 0.6) is 5.75 Å². The third kappa shape index (κ3) is 8.37. The number of unbranched alkanes of at least 4 members (excludes halogenated alkanes) is 1. The number of amides is 1. The van der Waals surface area contributed by atoms with Crippen LogP contribution in [-0.4, -0.2) is 59.9 Å². The first kappa shape index (κ1) is 28.4. The van der Waals surface area contributed by atoms with Crippen LogP contribution >= 0.6 is 12.4 Å². The number of ether oxygens (including phenoxy) is 3. The van der Waals surface area contributed by atoms with Gasteiger partial charge >= 0.3 is 0 Å². The second-order valence-corrected chi connectivity index (χ2v) is 9.30. The van der Waals surface area contributed by atoms with Gasteiger partial charge < -0.3 is 19.5 Å². The Kier molecular flexibility index (Phi) is 12.9. The Balaban J connectivity index is 0.00000512. The van der Waals surface area contributed by atoms with Crippen molar-refractivity contribution >= 4 is 28.3 Å². The van der Waals surface area contributed by atoms with Crippen LogP contribution in [0.1, 0.15) is 43.4 Å². The van der Waals surface area contributed by atoms with E-state index in [1.807, 2.05) is 13.0 Å². The second-order valence-electron chi connectivity index (χ2n) is 7.44. The number of halogens is 1. The molecule has 182 valence electrons. The fourth-order valence-electron chi connectivity index (χ4n) is 3.53. The SMILES string of the molecule is C=CC(=O)NS(=O)(=O)C(CCCC)c1ccccc1OC1CCNCC1OCCOC.Cl. The standard InChI is InChI=1S/C22H34N2O6S.ClH/c1-4-6-11-21(31(26,27)24-22(25)5-2)17-9-7-8-10-18(17)30-19-12-13-23-16-20(19)29-15-14-28-3;/h5,7-10,19-21,23H,2,4,6,11-16H2,1,3H3,(H,24,25);1H. The molecule has 3 atom stereocenters. The van der Waals surface area contributed by atoms with Crippen LogP contribution in [0.25, 0.3) is 0 Å². The normalized spacial score (nSPS) is 19.4. The minimum Gasteiger partial charge on any atom is -0.487 e. The van der Waals surface area contributed by atoms with Gasteiger partial charge in [-0.1, -0.05) is 44.5 Å². The Bertz CT molecular complexity index is 820. The number of piperidine rings is 1. The molecule has 1 aliphatic heterocycles. The van der Waals surface area contributed by atoms with Gasteiger partial charge in [0.05, 0.1) is 13.2 Å². The first-order valence-corrected chi connectivity index (χ1v) is 12.2. The highest BCUT2D eigenvalue weighted by atomic mass is 35.5. The van der Waals surface area contributed by atoms with Crippen LogP contribution in [0.3, 0.4) is 0 Å². The molecule has 0 bridgehead atoms. The molecule has 1 aromatic carbocycles. The lowest BCUT2D eigenvalue weighted by atomic mass is 10.0. The minimum absolute atomic E-state index is 0. The summed E-state index contributed by atoms with van der Waals surface area (Å²) in [5.41, 5.74) is 0.537. The molecule has 0 saturated carbocycles. The maximum atomic E-state index is 13.0. The van der Waals surface area contributed by atoms with Crippen LogP contribution < -0.4 is 14.8 Å². The summed E-state index contributed by atoms with van der Waals surface area (Å²) in [5, 5.41) is 2.38. The first-order chi connectivity index (χ1) is 14.9. The number of carbonyl (C=O) groups is 1. The van der Waals surface area contributed by atoms with E-state index in [1.165, 1.54) is 0 Å². The summed E-state index contributed by atoms with van der Waals surface area (Å²) in [4.78, 5) is 11.7. The summed E-state index contributed by atoms with van der Waals surface area (Å²) in [5.74, 6) is -0.253. The zero-order valence-electron chi connectivity index (χ0n) is 18.7. The molecule has 3 unspecified atom stereocenters. The maximum absolute atomic E-state index is 13.0. The van der Waals surface area contributed by atoms with Gasteiger partial charge in [-0.25, -0.2) is 13.1 Å². The zero-order chi connectivity index (χ0) is 22.7. The topological polar surface area (TPSA) is 103 Å². The van der Waals surface area contributed by atoms with E-state index in [2.05, 4.69) is 16.6 Å². The average molecular weight is 491 g/mol. The number of hydrogen-bond acceptors (Lipinski definition) is 7. The fraction of sp³-hybridized carbons (Fsp3) is 0.591. The molecular formula is C22H35ClN2O6S. The van der Waals surface area contributed by atoms with Gasteiger partial charge in [-0.2, -0.15) is 0 Å². The number of carbonyl (C=O) groups excluding carboxylic acids is 1. The molecule has 10 heteroatoms. The first-order valence-electron chi connectivity index (χ1n) is 10.7. The predicted molar refractivity (Wildman–Crippen MR) is 127 cm³/mol. The molecule has 32 heavy (non-hydrogen) atoms. The second kappa shape index (κ2) is 14.5. The summed E-state index contributed by atoms with van der Waals surface area (Å²) in [6, 6.07) is 7.11. The van der Waals surface area contributed by atoms with Gasteiger partial charge in [-0.3, -0.25) is 4.79 Å². The van der Waals surface area contributed by atoms with E-state index < -0.39 is 21.2 Å². The molecule has 1 heterocycles. The molecule has 8 nitrogen and oxygen atoms in total. The maximum Gasteiger partial charge on any atom is 0.256 e. The number of para-hydroxylation sites is 1. The monoisotopic (exact) mass is 490 g/mol. The van der Waals surface area contributed by atoms with Crippen molar-refractivity contribution in [3.63, 3.8) is 0 Å². The van der Waals surface area contributed by atoms with E-state index in [0.29, 0.717) is 43.9 Å². The van der Waals surface area contributed by atoms with Crippen LogP contribution in [0.4, 0.5) is 0 Å². The third-order valence-electron chi connectivity index (χ3n) is 5.15. The van der Waals surface area contributed by atoms with Gasteiger partial charge in [-0.05, 0) is 31.5 Å². The molecule has 1 saturated heterocycles. The number of methoxy groups -OCH3 is 1. The van der Waals surface area contributed by atoms with Gasteiger partial charge in [0.15, 0.2) is 0 Å². The van der Waals surface area contributed by atoms with Gasteiger partial charge in [-0.15, -0.1) is 12.4 Å². The lowest BCUT2D eigenvalue weighted by Crippen LogP contribution is -2.48. The van der Waals surface area contributed by atoms with E-state index in [-0.39, 0.29) is 24.6 Å². The van der Waals surface area contributed by atoms with Crippen LogP contribution in [0.2, 0.25) is 0 Å². The molecule has 1 aliphatic rings. The largest absolute Gasteiger partial charge is 0.487 e. The zero-order valence-corrected chi connectivity index (χ0v) is 20.4. The molecule has 0 spiro atoms. The van der Waals surface area contributed by atoms with Gasteiger partial charge in [0.1, 0.15) is 23.2 Å². The molecular weight excluding hydrogens is 456 g/mol. The molecule has 0 aromatic heterocycles. The van der Waals surface area contributed by atoms with E-state index >= 15 is 0 Å². The molecule has 1 amide bonds. The van der Waals surface area contributed by atoms with Gasteiger partial charge in [0.25, 0.3) is 5.91 Å². The average Bonchev–Trinajstić information content (AvgIpc) is 2.76. The van der Waals surface area contributed by atoms with E-state index in [1.54, 1.807) is 25.3 Å². The van der Waals surface area contributed by atoms with Crippen molar-refractivity contribution in [2.24, 2.45) is 0 Å². The lowest BCUT2D eigenvalue weighted by Gasteiger charge is -2.33. The number of sulfonamides is 1. The molecule has 1 fully saturated rings. The highest BCUT2D eigenvalue weighted by molar-refractivity contribution is 7.90. The van der Waals surface area contributed by atoms with Crippen LogP contribution in [0, 0.1) is 0 Å². The minimum atomic E-state index is -3.96. The molecule has 1 aromatic rings. The molecule has 0 radical (unpaired) electrons. The van der Waals surface area contributed by atoms with E-state index in [9.17, 15) is 13.2 Å². The number of benzene rings is 1. The van der Waals surface area contributed by atoms with Crippen molar-refractivity contribution in [3.05, 3.63) is 42.5 Å². The van der Waals surface area contributed by atoms with Crippen molar-refractivity contribution < 1.29 is 27.4 Å². The quantitative estimate of drug-likeness (QED) is 0.323. The number of nitrogens with one attached hydrogen (secondary N) is 2. The van der Waals surface area contributed by atoms with Crippen molar-refractivity contribution in [2.45, 2.75) is 50.1 Å².